The molecule has 0 aliphatic carbocycles. The molecule has 5 heteroatoms. The van der Waals surface area contributed by atoms with Gasteiger partial charge in [0.25, 0.3) is 0 Å². The lowest BCUT2D eigenvalue weighted by Gasteiger charge is -2.17. The van der Waals surface area contributed by atoms with Gasteiger partial charge in [-0.3, -0.25) is 9.59 Å². The minimum Gasteiger partial charge on any atom is -0.351 e. The lowest BCUT2D eigenvalue weighted by Crippen LogP contribution is -2.37. The summed E-state index contributed by atoms with van der Waals surface area (Å²) in [7, 11) is 0. The molecule has 1 atom stereocenters. The van der Waals surface area contributed by atoms with Crippen LogP contribution in [0.3, 0.4) is 0 Å². The Morgan fingerprint density at radius 3 is 2.56 bits per heavy atom. The second kappa shape index (κ2) is 7.92. The van der Waals surface area contributed by atoms with Gasteiger partial charge in [-0.25, -0.2) is 4.39 Å². The van der Waals surface area contributed by atoms with Gasteiger partial charge in [0.15, 0.2) is 0 Å². The third-order valence-corrected chi connectivity index (χ3v) is 4.34. The Bertz CT molecular complexity index is 731. The van der Waals surface area contributed by atoms with Crippen LogP contribution in [0.5, 0.6) is 0 Å². The third-order valence-electron chi connectivity index (χ3n) is 4.34. The van der Waals surface area contributed by atoms with Crippen LogP contribution in [0, 0.1) is 5.82 Å². The van der Waals surface area contributed by atoms with Crippen molar-refractivity contribution in [3.63, 3.8) is 0 Å². The van der Waals surface area contributed by atoms with Crippen molar-refractivity contribution in [1.82, 2.24) is 5.32 Å². The highest BCUT2D eigenvalue weighted by Gasteiger charge is 2.31. The van der Waals surface area contributed by atoms with E-state index in [2.05, 4.69) is 5.32 Å². The molecule has 0 aromatic heterocycles. The molecule has 0 radical (unpaired) electrons. The normalized spacial score (nSPS) is 16.9. The molecule has 1 N–H and O–H groups in total. The maximum atomic E-state index is 13.0. The lowest BCUT2D eigenvalue weighted by molar-refractivity contribution is -0.121. The zero-order valence-corrected chi connectivity index (χ0v) is 14.0. The fourth-order valence-electron chi connectivity index (χ4n) is 3.07. The number of hydrogen-bond donors (Lipinski definition) is 1. The van der Waals surface area contributed by atoms with E-state index in [0.717, 1.165) is 12.8 Å². The first-order valence-corrected chi connectivity index (χ1v) is 8.51. The van der Waals surface area contributed by atoms with Gasteiger partial charge in [0, 0.05) is 25.1 Å². The Balaban J connectivity index is 1.46. The second-order valence-electron chi connectivity index (χ2n) is 6.29. The highest BCUT2D eigenvalue weighted by Crippen LogP contribution is 2.22. The van der Waals surface area contributed by atoms with Crippen LogP contribution in [0.15, 0.2) is 54.6 Å². The summed E-state index contributed by atoms with van der Waals surface area (Å²) in [5, 5.41) is 2.93. The van der Waals surface area contributed by atoms with Crippen molar-refractivity contribution in [3.8, 4) is 0 Å². The van der Waals surface area contributed by atoms with Crippen LogP contribution in [-0.2, 0) is 16.0 Å². The zero-order valence-electron chi connectivity index (χ0n) is 14.0. The van der Waals surface area contributed by atoms with Crippen LogP contribution < -0.4 is 10.2 Å². The molecule has 4 nitrogen and oxygen atoms in total. The molecule has 3 rings (SSSR count). The predicted octanol–water partition coefficient (Wildman–Crippen LogP) is 3.07. The van der Waals surface area contributed by atoms with E-state index in [1.165, 1.54) is 17.7 Å². The lowest BCUT2D eigenvalue weighted by atomic mass is 10.1. The summed E-state index contributed by atoms with van der Waals surface area (Å²) in [6.07, 6.45) is 2.36. The van der Waals surface area contributed by atoms with Crippen molar-refractivity contribution in [2.45, 2.75) is 31.7 Å². The highest BCUT2D eigenvalue weighted by molar-refractivity contribution is 5.96. The third kappa shape index (κ3) is 4.66. The van der Waals surface area contributed by atoms with Crippen LogP contribution in [-0.4, -0.2) is 24.4 Å². The van der Waals surface area contributed by atoms with E-state index in [9.17, 15) is 14.0 Å². The molecule has 2 aromatic rings. The number of anilines is 1. The van der Waals surface area contributed by atoms with Crippen molar-refractivity contribution in [2.24, 2.45) is 0 Å². The van der Waals surface area contributed by atoms with Crippen molar-refractivity contribution in [1.29, 1.82) is 0 Å². The molecular formula is C20H21FN2O2. The Kier molecular flexibility index (Phi) is 5.43. The molecule has 1 fully saturated rings. The van der Waals surface area contributed by atoms with E-state index >= 15 is 0 Å². The average Bonchev–Trinajstić information content (AvgIpc) is 2.96. The van der Waals surface area contributed by atoms with E-state index in [1.807, 2.05) is 30.3 Å². The molecule has 0 unspecified atom stereocenters. The van der Waals surface area contributed by atoms with Crippen molar-refractivity contribution in [2.75, 3.05) is 11.4 Å². The number of carbonyl (C=O) groups is 2. The van der Waals surface area contributed by atoms with E-state index in [4.69, 9.17) is 0 Å². The Morgan fingerprint density at radius 1 is 1.12 bits per heavy atom. The standard InChI is InChI=1S/C20H21FN2O2/c21-16-9-11-18(12-10-16)23-14-17(13-20(23)25)22-19(24)8-4-7-15-5-2-1-3-6-15/h1-3,5-6,9-12,17H,4,7-8,13-14H2,(H,22,24)/t17-/m1/s1. The van der Waals surface area contributed by atoms with Crippen LogP contribution in [0.1, 0.15) is 24.8 Å². The first kappa shape index (κ1) is 17.1. The molecule has 2 amide bonds. The summed E-state index contributed by atoms with van der Waals surface area (Å²) in [6, 6.07) is 15.7. The molecule has 0 bridgehead atoms. The van der Waals surface area contributed by atoms with E-state index in [-0.39, 0.29) is 30.1 Å². The summed E-state index contributed by atoms with van der Waals surface area (Å²) >= 11 is 0. The van der Waals surface area contributed by atoms with Crippen LogP contribution in [0.4, 0.5) is 10.1 Å². The number of rotatable bonds is 6. The van der Waals surface area contributed by atoms with E-state index < -0.39 is 0 Å². The summed E-state index contributed by atoms with van der Waals surface area (Å²) in [4.78, 5) is 25.8. The van der Waals surface area contributed by atoms with E-state index in [0.29, 0.717) is 18.7 Å². The fourth-order valence-corrected chi connectivity index (χ4v) is 3.07. The molecule has 2 aromatic carbocycles. The number of carbonyl (C=O) groups excluding carboxylic acids is 2. The van der Waals surface area contributed by atoms with Crippen molar-refractivity contribution >= 4 is 17.5 Å². The molecule has 130 valence electrons. The smallest absolute Gasteiger partial charge is 0.229 e. The maximum Gasteiger partial charge on any atom is 0.229 e. The van der Waals surface area contributed by atoms with Crippen LogP contribution in [0.25, 0.3) is 0 Å². The molecule has 0 spiro atoms. The van der Waals surface area contributed by atoms with E-state index in [1.54, 1.807) is 17.0 Å². The minimum atomic E-state index is -0.335. The number of hydrogen-bond acceptors (Lipinski definition) is 2. The van der Waals surface area contributed by atoms with Gasteiger partial charge in [0.05, 0.1) is 6.04 Å². The molecule has 25 heavy (non-hydrogen) atoms. The average molecular weight is 340 g/mol. The number of nitrogens with one attached hydrogen (secondary N) is 1. The monoisotopic (exact) mass is 340 g/mol. The Morgan fingerprint density at radius 2 is 1.84 bits per heavy atom. The topological polar surface area (TPSA) is 49.4 Å². The molecule has 1 aliphatic rings. The highest BCUT2D eigenvalue weighted by atomic mass is 19.1. The van der Waals surface area contributed by atoms with Crippen LogP contribution in [0.2, 0.25) is 0 Å². The van der Waals surface area contributed by atoms with Crippen LogP contribution >= 0.6 is 0 Å². The molecule has 1 heterocycles. The summed E-state index contributed by atoms with van der Waals surface area (Å²) in [5.41, 5.74) is 1.88. The second-order valence-corrected chi connectivity index (χ2v) is 6.29. The van der Waals surface area contributed by atoms with Gasteiger partial charge in [-0.15, -0.1) is 0 Å². The van der Waals surface area contributed by atoms with Gasteiger partial charge in [-0.2, -0.15) is 0 Å². The van der Waals surface area contributed by atoms with Gasteiger partial charge >= 0.3 is 0 Å². The quantitative estimate of drug-likeness (QED) is 0.879. The van der Waals surface area contributed by atoms with Gasteiger partial charge in [0.1, 0.15) is 5.82 Å². The van der Waals surface area contributed by atoms with Gasteiger partial charge in [0.2, 0.25) is 11.8 Å². The number of nitrogens with zero attached hydrogens (tertiary/aromatic N) is 1. The first-order valence-electron chi connectivity index (χ1n) is 8.51. The Hall–Kier alpha value is -2.69. The zero-order chi connectivity index (χ0) is 17.6. The summed E-state index contributed by atoms with van der Waals surface area (Å²) in [6.45, 7) is 0.425. The molecule has 1 saturated heterocycles. The predicted molar refractivity (Wildman–Crippen MR) is 94.7 cm³/mol. The summed E-state index contributed by atoms with van der Waals surface area (Å²) in [5.74, 6) is -0.422. The van der Waals surface area contributed by atoms with Gasteiger partial charge in [-0.05, 0) is 42.7 Å². The largest absolute Gasteiger partial charge is 0.351 e. The number of benzene rings is 2. The van der Waals surface area contributed by atoms with Gasteiger partial charge < -0.3 is 10.2 Å². The molecule has 0 saturated carbocycles. The first-order chi connectivity index (χ1) is 12.1. The Labute approximate surface area is 146 Å². The maximum absolute atomic E-state index is 13.0. The number of aryl methyl sites for hydroxylation is 1. The minimum absolute atomic E-state index is 0.0327. The van der Waals surface area contributed by atoms with Gasteiger partial charge in [-0.1, -0.05) is 30.3 Å². The molecule has 1 aliphatic heterocycles. The number of amides is 2. The SMILES string of the molecule is O=C(CCCc1ccccc1)N[C@@H]1CC(=O)N(c2ccc(F)cc2)C1. The number of halogens is 1. The summed E-state index contributed by atoms with van der Waals surface area (Å²) < 4.78 is 13.0. The van der Waals surface area contributed by atoms with Crippen molar-refractivity contribution in [3.05, 3.63) is 66.0 Å². The van der Waals surface area contributed by atoms with Crippen molar-refractivity contribution < 1.29 is 14.0 Å². The fraction of sp³-hybridized carbons (Fsp3) is 0.300. The molecular weight excluding hydrogens is 319 g/mol.